The molecule has 0 saturated carbocycles. The quantitative estimate of drug-likeness (QED) is 0.808. The highest BCUT2D eigenvalue weighted by atomic mass is 35.5. The van der Waals surface area contributed by atoms with E-state index in [0.717, 1.165) is 37.2 Å². The van der Waals surface area contributed by atoms with Gasteiger partial charge in [0, 0.05) is 30.9 Å². The lowest BCUT2D eigenvalue weighted by atomic mass is 10.0. The van der Waals surface area contributed by atoms with Crippen molar-refractivity contribution in [3.05, 3.63) is 52.5 Å². The first-order chi connectivity index (χ1) is 12.4. The molecule has 140 valence electrons. The fourth-order valence-electron chi connectivity index (χ4n) is 3.10. The van der Waals surface area contributed by atoms with Crippen molar-refractivity contribution < 1.29 is 13.2 Å². The minimum absolute atomic E-state index is 0.155. The van der Waals surface area contributed by atoms with Crippen molar-refractivity contribution in [2.24, 2.45) is 0 Å². The normalized spacial score (nSPS) is 14.2. The Bertz CT molecular complexity index is 900. The monoisotopic (exact) mass is 394 g/mol. The van der Waals surface area contributed by atoms with Gasteiger partial charge in [0.15, 0.2) is 0 Å². The average Bonchev–Trinajstić information content (AvgIpc) is 2.61. The maximum Gasteiger partial charge on any atom is 0.261 e. The van der Waals surface area contributed by atoms with Crippen LogP contribution in [0, 0.1) is 6.92 Å². The molecule has 5 nitrogen and oxygen atoms in total. The second-order valence-electron chi connectivity index (χ2n) is 6.44. The number of nitrogens with zero attached hydrogens (tertiary/aromatic N) is 1. The number of hydrogen-bond donors (Lipinski definition) is 1. The van der Waals surface area contributed by atoms with Gasteiger partial charge in [-0.15, -0.1) is 0 Å². The van der Waals surface area contributed by atoms with Crippen LogP contribution in [-0.2, 0) is 21.2 Å². The van der Waals surface area contributed by atoms with Crippen LogP contribution in [-0.4, -0.2) is 35.2 Å². The summed E-state index contributed by atoms with van der Waals surface area (Å²) in [6.07, 6.45) is 2.09. The van der Waals surface area contributed by atoms with E-state index in [1.54, 1.807) is 19.2 Å². The van der Waals surface area contributed by atoms with Gasteiger partial charge in [0.1, 0.15) is 0 Å². The minimum atomic E-state index is -3.69. The SMILES string of the molecule is COCCN1CCCc2ccc(NS(=O)(=O)c3ccc(C)c(Cl)c3)cc21. The summed E-state index contributed by atoms with van der Waals surface area (Å²) in [4.78, 5) is 2.39. The summed E-state index contributed by atoms with van der Waals surface area (Å²) in [5.74, 6) is 0. The van der Waals surface area contributed by atoms with Crippen LogP contribution in [0.3, 0.4) is 0 Å². The molecule has 0 aromatic heterocycles. The Balaban J connectivity index is 1.87. The Morgan fingerprint density at radius 3 is 2.77 bits per heavy atom. The summed E-state index contributed by atoms with van der Waals surface area (Å²) in [6.45, 7) is 4.20. The van der Waals surface area contributed by atoms with E-state index in [-0.39, 0.29) is 4.90 Å². The molecule has 0 spiro atoms. The smallest absolute Gasteiger partial charge is 0.261 e. The molecule has 1 N–H and O–H groups in total. The van der Waals surface area contributed by atoms with E-state index in [1.165, 1.54) is 11.6 Å². The standard InChI is InChI=1S/C19H23ClN2O3S/c1-14-5-8-17(13-18(14)20)26(23,24)21-16-7-6-15-4-3-9-22(10-11-25-2)19(15)12-16/h5-8,12-13,21H,3-4,9-11H2,1-2H3. The minimum Gasteiger partial charge on any atom is -0.383 e. The fraction of sp³-hybridized carbons (Fsp3) is 0.368. The number of rotatable bonds is 6. The topological polar surface area (TPSA) is 58.6 Å². The third-order valence-electron chi connectivity index (χ3n) is 4.57. The van der Waals surface area contributed by atoms with Gasteiger partial charge in [0.25, 0.3) is 10.0 Å². The Labute approximate surface area is 160 Å². The van der Waals surface area contributed by atoms with Crippen molar-refractivity contribution in [1.82, 2.24) is 0 Å². The molecule has 0 radical (unpaired) electrons. The van der Waals surface area contributed by atoms with Gasteiger partial charge in [0.05, 0.1) is 17.2 Å². The predicted octanol–water partition coefficient (Wildman–Crippen LogP) is 3.85. The molecule has 0 saturated heterocycles. The van der Waals surface area contributed by atoms with Gasteiger partial charge in [-0.25, -0.2) is 8.42 Å². The van der Waals surface area contributed by atoms with Crippen molar-refractivity contribution in [3.8, 4) is 0 Å². The van der Waals surface area contributed by atoms with Crippen LogP contribution < -0.4 is 9.62 Å². The number of hydrogen-bond acceptors (Lipinski definition) is 4. The highest BCUT2D eigenvalue weighted by molar-refractivity contribution is 7.92. The molecule has 0 amide bonds. The van der Waals surface area contributed by atoms with Gasteiger partial charge in [0.2, 0.25) is 0 Å². The number of benzene rings is 2. The van der Waals surface area contributed by atoms with Crippen molar-refractivity contribution in [1.29, 1.82) is 0 Å². The van der Waals surface area contributed by atoms with E-state index in [0.29, 0.717) is 17.3 Å². The van der Waals surface area contributed by atoms with Gasteiger partial charge in [-0.1, -0.05) is 23.7 Å². The molecule has 0 atom stereocenters. The summed E-state index contributed by atoms with van der Waals surface area (Å²) in [7, 11) is -2.01. The van der Waals surface area contributed by atoms with Crippen LogP contribution in [0.25, 0.3) is 0 Å². The molecule has 3 rings (SSSR count). The molecule has 0 fully saturated rings. The predicted molar refractivity (Wildman–Crippen MR) is 106 cm³/mol. The van der Waals surface area contributed by atoms with Crippen molar-refractivity contribution in [2.75, 3.05) is 36.4 Å². The molecule has 1 aliphatic heterocycles. The van der Waals surface area contributed by atoms with Gasteiger partial charge in [-0.2, -0.15) is 0 Å². The first-order valence-corrected chi connectivity index (χ1v) is 10.4. The Kier molecular flexibility index (Phi) is 5.75. The third-order valence-corrected chi connectivity index (χ3v) is 6.36. The molecular formula is C19H23ClN2O3S. The molecule has 7 heteroatoms. The first kappa shape index (κ1) is 19.0. The number of aryl methyl sites for hydroxylation is 2. The Morgan fingerprint density at radius 1 is 1.23 bits per heavy atom. The van der Waals surface area contributed by atoms with Crippen LogP contribution in [0.4, 0.5) is 11.4 Å². The van der Waals surface area contributed by atoms with Gasteiger partial charge < -0.3 is 9.64 Å². The summed E-state index contributed by atoms with van der Waals surface area (Å²) >= 11 is 6.07. The first-order valence-electron chi connectivity index (χ1n) is 8.56. The van der Waals surface area contributed by atoms with Crippen LogP contribution >= 0.6 is 11.6 Å². The number of anilines is 2. The summed E-state index contributed by atoms with van der Waals surface area (Å²) in [6, 6.07) is 10.4. The van der Waals surface area contributed by atoms with E-state index in [9.17, 15) is 8.42 Å². The molecule has 1 heterocycles. The second-order valence-corrected chi connectivity index (χ2v) is 8.53. The van der Waals surface area contributed by atoms with Gasteiger partial charge >= 0.3 is 0 Å². The molecule has 0 aliphatic carbocycles. The number of halogens is 1. The van der Waals surface area contributed by atoms with E-state index in [2.05, 4.69) is 9.62 Å². The number of fused-ring (bicyclic) bond motifs is 1. The Morgan fingerprint density at radius 2 is 2.04 bits per heavy atom. The maximum atomic E-state index is 12.7. The van der Waals surface area contributed by atoms with Crippen LogP contribution in [0.2, 0.25) is 5.02 Å². The van der Waals surface area contributed by atoms with E-state index >= 15 is 0 Å². The molecule has 2 aromatic carbocycles. The number of methoxy groups -OCH3 is 1. The number of nitrogens with one attached hydrogen (secondary N) is 1. The zero-order valence-electron chi connectivity index (χ0n) is 15.0. The highest BCUT2D eigenvalue weighted by Gasteiger charge is 2.20. The molecule has 0 bridgehead atoms. The van der Waals surface area contributed by atoms with E-state index < -0.39 is 10.0 Å². The molecule has 26 heavy (non-hydrogen) atoms. The molecule has 0 unspecified atom stereocenters. The average molecular weight is 395 g/mol. The van der Waals surface area contributed by atoms with Gasteiger partial charge in [-0.3, -0.25) is 4.72 Å². The Hall–Kier alpha value is -1.76. The van der Waals surface area contributed by atoms with Crippen LogP contribution in [0.5, 0.6) is 0 Å². The lowest BCUT2D eigenvalue weighted by molar-refractivity contribution is 0.205. The number of sulfonamides is 1. The maximum absolute atomic E-state index is 12.7. The highest BCUT2D eigenvalue weighted by Crippen LogP contribution is 2.31. The van der Waals surface area contributed by atoms with E-state index in [1.807, 2.05) is 25.1 Å². The zero-order chi connectivity index (χ0) is 18.7. The summed E-state index contributed by atoms with van der Waals surface area (Å²) in [5, 5.41) is 0.434. The van der Waals surface area contributed by atoms with Gasteiger partial charge in [-0.05, 0) is 55.2 Å². The molecule has 2 aromatic rings. The largest absolute Gasteiger partial charge is 0.383 e. The van der Waals surface area contributed by atoms with E-state index in [4.69, 9.17) is 16.3 Å². The fourth-order valence-corrected chi connectivity index (χ4v) is 4.42. The third kappa shape index (κ3) is 4.14. The van der Waals surface area contributed by atoms with Crippen molar-refractivity contribution in [3.63, 3.8) is 0 Å². The number of ether oxygens (including phenoxy) is 1. The lowest BCUT2D eigenvalue weighted by Crippen LogP contribution is -2.32. The second kappa shape index (κ2) is 7.86. The lowest BCUT2D eigenvalue weighted by Gasteiger charge is -2.31. The van der Waals surface area contributed by atoms with Crippen LogP contribution in [0.1, 0.15) is 17.5 Å². The summed E-state index contributed by atoms with van der Waals surface area (Å²) < 4.78 is 33.2. The molecule has 1 aliphatic rings. The van der Waals surface area contributed by atoms with Crippen LogP contribution in [0.15, 0.2) is 41.3 Å². The van der Waals surface area contributed by atoms with Crippen molar-refractivity contribution >= 4 is 33.0 Å². The summed E-state index contributed by atoms with van der Waals surface area (Å²) in [5.41, 5.74) is 3.68. The zero-order valence-corrected chi connectivity index (χ0v) is 16.5. The molecular weight excluding hydrogens is 372 g/mol. The van der Waals surface area contributed by atoms with Crippen molar-refractivity contribution in [2.45, 2.75) is 24.7 Å².